The number of hydrogen-bond donors (Lipinski definition) is 2. The third-order valence-electron chi connectivity index (χ3n) is 3.47. The molecule has 1 fully saturated rings. The Labute approximate surface area is 124 Å². The molecule has 3 N–H and O–H groups in total. The second kappa shape index (κ2) is 6.03. The first-order chi connectivity index (χ1) is 9.82. The number of hydrogen-bond acceptors (Lipinski definition) is 5. The minimum Gasteiger partial charge on any atom is -0.484 e. The van der Waals surface area contributed by atoms with E-state index in [0.717, 1.165) is 5.56 Å². The summed E-state index contributed by atoms with van der Waals surface area (Å²) < 4.78 is 28.3. The number of nitrogens with two attached hydrogens (primary N) is 1. The standard InChI is InChI=1S/C14H20N2O4S/c1-14(6-7-21(18,19)10-14)16-13(17)9-20-12-4-2-11(8-15)3-5-12/h2-5H,6-10,15H2,1H3,(H,16,17). The number of carbonyl (C=O) groups is 1. The van der Waals surface area contributed by atoms with Crippen LogP contribution in [-0.2, 0) is 21.2 Å². The van der Waals surface area contributed by atoms with Crippen molar-refractivity contribution in [1.29, 1.82) is 0 Å². The zero-order valence-corrected chi connectivity index (χ0v) is 12.8. The van der Waals surface area contributed by atoms with E-state index in [2.05, 4.69) is 5.32 Å². The molecule has 0 spiro atoms. The Morgan fingerprint density at radius 2 is 2.05 bits per heavy atom. The first-order valence-corrected chi connectivity index (χ1v) is 8.57. The highest BCUT2D eigenvalue weighted by atomic mass is 32.2. The van der Waals surface area contributed by atoms with Crippen molar-refractivity contribution in [2.75, 3.05) is 18.1 Å². The summed E-state index contributed by atoms with van der Waals surface area (Å²) in [5, 5.41) is 2.74. The van der Waals surface area contributed by atoms with Crippen molar-refractivity contribution >= 4 is 15.7 Å². The Bertz CT molecular complexity index is 612. The lowest BCUT2D eigenvalue weighted by Gasteiger charge is -2.23. The third-order valence-corrected chi connectivity index (χ3v) is 5.38. The molecule has 6 nitrogen and oxygen atoms in total. The molecular weight excluding hydrogens is 292 g/mol. The van der Waals surface area contributed by atoms with Crippen LogP contribution in [0.1, 0.15) is 18.9 Å². The van der Waals surface area contributed by atoms with Crippen molar-refractivity contribution in [2.45, 2.75) is 25.4 Å². The number of ether oxygens (including phenoxy) is 1. The van der Waals surface area contributed by atoms with Gasteiger partial charge in [-0.25, -0.2) is 8.42 Å². The van der Waals surface area contributed by atoms with Gasteiger partial charge in [-0.15, -0.1) is 0 Å². The number of carbonyl (C=O) groups excluding carboxylic acids is 1. The number of nitrogens with one attached hydrogen (secondary N) is 1. The van der Waals surface area contributed by atoms with Gasteiger partial charge in [-0.05, 0) is 31.0 Å². The first kappa shape index (κ1) is 15.8. The van der Waals surface area contributed by atoms with Crippen LogP contribution in [0.25, 0.3) is 0 Å². The molecule has 0 bridgehead atoms. The van der Waals surface area contributed by atoms with Crippen molar-refractivity contribution in [1.82, 2.24) is 5.32 Å². The monoisotopic (exact) mass is 312 g/mol. The lowest BCUT2D eigenvalue weighted by Crippen LogP contribution is -2.48. The van der Waals surface area contributed by atoms with Gasteiger partial charge in [-0.1, -0.05) is 12.1 Å². The molecule has 0 radical (unpaired) electrons. The second-order valence-corrected chi connectivity index (χ2v) is 7.77. The lowest BCUT2D eigenvalue weighted by molar-refractivity contribution is -0.124. The summed E-state index contributed by atoms with van der Waals surface area (Å²) >= 11 is 0. The van der Waals surface area contributed by atoms with Crippen molar-refractivity contribution in [3.8, 4) is 5.75 Å². The Balaban J connectivity index is 1.84. The van der Waals surface area contributed by atoms with Gasteiger partial charge in [0.05, 0.1) is 17.0 Å². The van der Waals surface area contributed by atoms with Crippen LogP contribution in [-0.4, -0.2) is 38.0 Å². The van der Waals surface area contributed by atoms with Crippen LogP contribution >= 0.6 is 0 Å². The number of sulfone groups is 1. The Kier molecular flexibility index (Phi) is 4.53. The molecule has 116 valence electrons. The molecular formula is C14H20N2O4S. The summed E-state index contributed by atoms with van der Waals surface area (Å²) in [5.41, 5.74) is 5.79. The predicted octanol–water partition coefficient (Wildman–Crippen LogP) is 0.217. The minimum atomic E-state index is -3.04. The van der Waals surface area contributed by atoms with Gasteiger partial charge in [0.1, 0.15) is 5.75 Å². The van der Waals surface area contributed by atoms with Gasteiger partial charge in [0.15, 0.2) is 16.4 Å². The molecule has 1 heterocycles. The first-order valence-electron chi connectivity index (χ1n) is 6.75. The van der Waals surface area contributed by atoms with Gasteiger partial charge in [0.25, 0.3) is 5.91 Å². The van der Waals surface area contributed by atoms with Crippen LogP contribution < -0.4 is 15.8 Å². The summed E-state index contributed by atoms with van der Waals surface area (Å²) in [7, 11) is -3.04. The van der Waals surface area contributed by atoms with Crippen molar-refractivity contribution in [3.05, 3.63) is 29.8 Å². The van der Waals surface area contributed by atoms with E-state index in [9.17, 15) is 13.2 Å². The molecule has 2 rings (SSSR count). The second-order valence-electron chi connectivity index (χ2n) is 5.59. The SMILES string of the molecule is CC1(NC(=O)COc2ccc(CN)cc2)CCS(=O)(=O)C1. The van der Waals surface area contributed by atoms with E-state index in [1.54, 1.807) is 19.1 Å². The van der Waals surface area contributed by atoms with Gasteiger partial charge in [-0.3, -0.25) is 4.79 Å². The molecule has 1 aliphatic rings. The maximum atomic E-state index is 11.9. The van der Waals surface area contributed by atoms with Crippen LogP contribution in [0.3, 0.4) is 0 Å². The van der Waals surface area contributed by atoms with Gasteiger partial charge in [-0.2, -0.15) is 0 Å². The summed E-state index contributed by atoms with van der Waals surface area (Å²) in [6.07, 6.45) is 0.437. The van der Waals surface area contributed by atoms with Gasteiger partial charge >= 0.3 is 0 Å². The largest absolute Gasteiger partial charge is 0.484 e. The topological polar surface area (TPSA) is 98.5 Å². The van der Waals surface area contributed by atoms with E-state index in [1.165, 1.54) is 0 Å². The van der Waals surface area contributed by atoms with E-state index in [1.807, 2.05) is 12.1 Å². The zero-order chi connectivity index (χ0) is 15.5. The maximum absolute atomic E-state index is 11.9. The molecule has 21 heavy (non-hydrogen) atoms. The van der Waals surface area contributed by atoms with Gasteiger partial charge in [0, 0.05) is 6.54 Å². The molecule has 1 aromatic rings. The smallest absolute Gasteiger partial charge is 0.258 e. The van der Waals surface area contributed by atoms with Crippen molar-refractivity contribution < 1.29 is 17.9 Å². The molecule has 1 unspecified atom stereocenters. The quantitative estimate of drug-likeness (QED) is 0.810. The summed E-state index contributed by atoms with van der Waals surface area (Å²) in [5.74, 6) is 0.353. The van der Waals surface area contributed by atoms with Crippen LogP contribution in [0.4, 0.5) is 0 Å². The Hall–Kier alpha value is -1.60. The molecule has 1 saturated heterocycles. The van der Waals surface area contributed by atoms with E-state index < -0.39 is 15.4 Å². The van der Waals surface area contributed by atoms with Gasteiger partial charge < -0.3 is 15.8 Å². The van der Waals surface area contributed by atoms with Crippen LogP contribution in [0.5, 0.6) is 5.75 Å². The lowest BCUT2D eigenvalue weighted by atomic mass is 10.0. The Morgan fingerprint density at radius 1 is 1.38 bits per heavy atom. The fourth-order valence-corrected chi connectivity index (χ4v) is 4.45. The normalized spacial score (nSPS) is 23.7. The van der Waals surface area contributed by atoms with Gasteiger partial charge in [0.2, 0.25) is 0 Å². The number of benzene rings is 1. The molecule has 0 saturated carbocycles. The van der Waals surface area contributed by atoms with Crippen LogP contribution in [0, 0.1) is 0 Å². The van der Waals surface area contributed by atoms with E-state index in [-0.39, 0.29) is 24.0 Å². The number of amides is 1. The molecule has 1 atom stereocenters. The van der Waals surface area contributed by atoms with Crippen LogP contribution in [0.2, 0.25) is 0 Å². The highest BCUT2D eigenvalue weighted by Crippen LogP contribution is 2.22. The molecule has 1 amide bonds. The summed E-state index contributed by atoms with van der Waals surface area (Å²) in [4.78, 5) is 11.9. The van der Waals surface area contributed by atoms with Crippen molar-refractivity contribution in [3.63, 3.8) is 0 Å². The minimum absolute atomic E-state index is 0.0169. The maximum Gasteiger partial charge on any atom is 0.258 e. The fraction of sp³-hybridized carbons (Fsp3) is 0.500. The predicted molar refractivity (Wildman–Crippen MR) is 79.6 cm³/mol. The highest BCUT2D eigenvalue weighted by molar-refractivity contribution is 7.91. The molecule has 0 aliphatic carbocycles. The van der Waals surface area contributed by atoms with Crippen molar-refractivity contribution in [2.24, 2.45) is 5.73 Å². The highest BCUT2D eigenvalue weighted by Gasteiger charge is 2.39. The number of rotatable bonds is 5. The van der Waals surface area contributed by atoms with E-state index in [4.69, 9.17) is 10.5 Å². The average molecular weight is 312 g/mol. The molecule has 0 aromatic heterocycles. The van der Waals surface area contributed by atoms with Crippen LogP contribution in [0.15, 0.2) is 24.3 Å². The van der Waals surface area contributed by atoms with E-state index in [0.29, 0.717) is 18.7 Å². The fourth-order valence-electron chi connectivity index (χ4n) is 2.35. The summed E-state index contributed by atoms with van der Waals surface area (Å²) in [6.45, 7) is 2.05. The zero-order valence-electron chi connectivity index (χ0n) is 12.0. The average Bonchev–Trinajstić information content (AvgIpc) is 2.70. The molecule has 7 heteroatoms. The Morgan fingerprint density at radius 3 is 2.57 bits per heavy atom. The summed E-state index contributed by atoms with van der Waals surface area (Å²) in [6, 6.07) is 7.16. The third kappa shape index (κ3) is 4.44. The molecule has 1 aromatic carbocycles. The van der Waals surface area contributed by atoms with E-state index >= 15 is 0 Å². The molecule has 1 aliphatic heterocycles.